The van der Waals surface area contributed by atoms with Gasteiger partial charge in [-0.3, -0.25) is 0 Å². The summed E-state index contributed by atoms with van der Waals surface area (Å²) in [6.07, 6.45) is 3.55. The standard InChI is InChI=1S/C13H21N3O2S/c1-4-19(17,18)16-9-5-6-12(16)11-7-8-14-13(10-11)15(2)3/h7-8,10,12H,4-6,9H2,1-3H3/t12-/m0/s1. The van der Waals surface area contributed by atoms with E-state index in [0.717, 1.165) is 24.2 Å². The fourth-order valence-corrected chi connectivity index (χ4v) is 3.81. The average Bonchev–Trinajstić information content (AvgIpc) is 2.89. The molecule has 1 atom stereocenters. The number of nitrogens with zero attached hydrogens (tertiary/aromatic N) is 3. The zero-order chi connectivity index (χ0) is 14.0. The normalized spacial score (nSPS) is 20.7. The highest BCUT2D eigenvalue weighted by atomic mass is 32.2. The molecular weight excluding hydrogens is 262 g/mol. The molecule has 0 N–H and O–H groups in total. The zero-order valence-corrected chi connectivity index (χ0v) is 12.5. The molecule has 2 heterocycles. The van der Waals surface area contributed by atoms with Gasteiger partial charge in [0, 0.05) is 32.9 Å². The summed E-state index contributed by atoms with van der Waals surface area (Å²) < 4.78 is 25.8. The molecule has 2 rings (SSSR count). The summed E-state index contributed by atoms with van der Waals surface area (Å²) in [6.45, 7) is 2.32. The first-order chi connectivity index (χ1) is 8.95. The van der Waals surface area contributed by atoms with Crippen LogP contribution in [0.3, 0.4) is 0 Å². The first kappa shape index (κ1) is 14.3. The zero-order valence-electron chi connectivity index (χ0n) is 11.7. The van der Waals surface area contributed by atoms with Gasteiger partial charge in [-0.2, -0.15) is 4.31 Å². The molecular formula is C13H21N3O2S. The topological polar surface area (TPSA) is 53.5 Å². The molecule has 0 aliphatic carbocycles. The summed E-state index contributed by atoms with van der Waals surface area (Å²) >= 11 is 0. The van der Waals surface area contributed by atoms with E-state index < -0.39 is 10.0 Å². The van der Waals surface area contributed by atoms with Crippen LogP contribution in [0.4, 0.5) is 5.82 Å². The molecule has 0 amide bonds. The summed E-state index contributed by atoms with van der Waals surface area (Å²) in [4.78, 5) is 6.20. The van der Waals surface area contributed by atoms with E-state index in [4.69, 9.17) is 0 Å². The second-order valence-corrected chi connectivity index (χ2v) is 7.22. The third-order valence-electron chi connectivity index (χ3n) is 3.54. The van der Waals surface area contributed by atoms with Crippen molar-refractivity contribution in [2.75, 3.05) is 31.3 Å². The smallest absolute Gasteiger partial charge is 0.214 e. The van der Waals surface area contributed by atoms with E-state index in [-0.39, 0.29) is 11.8 Å². The van der Waals surface area contributed by atoms with E-state index in [9.17, 15) is 8.42 Å². The molecule has 0 saturated carbocycles. The van der Waals surface area contributed by atoms with Gasteiger partial charge in [-0.15, -0.1) is 0 Å². The van der Waals surface area contributed by atoms with Gasteiger partial charge in [-0.1, -0.05) is 0 Å². The third kappa shape index (κ3) is 2.90. The maximum absolute atomic E-state index is 12.1. The Morgan fingerprint density at radius 1 is 1.47 bits per heavy atom. The van der Waals surface area contributed by atoms with Crippen molar-refractivity contribution in [1.82, 2.24) is 9.29 Å². The third-order valence-corrected chi connectivity index (χ3v) is 5.42. The minimum Gasteiger partial charge on any atom is -0.363 e. The van der Waals surface area contributed by atoms with Gasteiger partial charge in [-0.05, 0) is 37.5 Å². The quantitative estimate of drug-likeness (QED) is 0.843. The second-order valence-electron chi connectivity index (χ2n) is 5.01. The SMILES string of the molecule is CCS(=O)(=O)N1CCC[C@H]1c1ccnc(N(C)C)c1. The molecule has 6 heteroatoms. The molecule has 0 spiro atoms. The van der Waals surface area contributed by atoms with Crippen molar-refractivity contribution in [3.63, 3.8) is 0 Å². The fourth-order valence-electron chi connectivity index (χ4n) is 2.46. The fraction of sp³-hybridized carbons (Fsp3) is 0.615. The molecule has 0 unspecified atom stereocenters. The lowest BCUT2D eigenvalue weighted by molar-refractivity contribution is 0.397. The van der Waals surface area contributed by atoms with E-state index in [1.807, 2.05) is 31.1 Å². The van der Waals surface area contributed by atoms with Crippen molar-refractivity contribution in [2.24, 2.45) is 0 Å². The van der Waals surface area contributed by atoms with Crippen molar-refractivity contribution in [1.29, 1.82) is 0 Å². The van der Waals surface area contributed by atoms with Crippen molar-refractivity contribution < 1.29 is 8.42 Å². The average molecular weight is 283 g/mol. The summed E-state index contributed by atoms with van der Waals surface area (Å²) in [7, 11) is 0.735. The molecule has 1 aliphatic heterocycles. The monoisotopic (exact) mass is 283 g/mol. The van der Waals surface area contributed by atoms with Gasteiger partial charge in [0.25, 0.3) is 0 Å². The van der Waals surface area contributed by atoms with E-state index >= 15 is 0 Å². The van der Waals surface area contributed by atoms with Gasteiger partial charge in [0.15, 0.2) is 0 Å². The number of sulfonamides is 1. The molecule has 106 valence electrons. The Hall–Kier alpha value is -1.14. The molecule has 0 radical (unpaired) electrons. The number of anilines is 1. The molecule has 1 fully saturated rings. The van der Waals surface area contributed by atoms with E-state index in [1.165, 1.54) is 0 Å². The van der Waals surface area contributed by atoms with Crippen LogP contribution in [0, 0.1) is 0 Å². The van der Waals surface area contributed by atoms with Crippen LogP contribution in [0.1, 0.15) is 31.4 Å². The predicted molar refractivity (Wildman–Crippen MR) is 76.7 cm³/mol. The number of rotatable bonds is 4. The van der Waals surface area contributed by atoms with Crippen molar-refractivity contribution in [2.45, 2.75) is 25.8 Å². The highest BCUT2D eigenvalue weighted by Gasteiger charge is 2.34. The van der Waals surface area contributed by atoms with Crippen LogP contribution in [-0.2, 0) is 10.0 Å². The van der Waals surface area contributed by atoms with Crippen LogP contribution >= 0.6 is 0 Å². The van der Waals surface area contributed by atoms with E-state index in [2.05, 4.69) is 4.98 Å². The van der Waals surface area contributed by atoms with Gasteiger partial charge < -0.3 is 4.90 Å². The molecule has 1 aromatic rings. The summed E-state index contributed by atoms with van der Waals surface area (Å²) in [5, 5.41) is 0. The minimum atomic E-state index is -3.13. The Balaban J connectivity index is 2.33. The largest absolute Gasteiger partial charge is 0.363 e. The van der Waals surface area contributed by atoms with Crippen LogP contribution in [-0.4, -0.2) is 44.1 Å². The number of pyridine rings is 1. The second kappa shape index (κ2) is 5.46. The lowest BCUT2D eigenvalue weighted by atomic mass is 10.1. The Morgan fingerprint density at radius 2 is 2.21 bits per heavy atom. The van der Waals surface area contributed by atoms with Crippen LogP contribution in [0.5, 0.6) is 0 Å². The Kier molecular flexibility index (Phi) is 4.10. The van der Waals surface area contributed by atoms with Gasteiger partial charge >= 0.3 is 0 Å². The van der Waals surface area contributed by atoms with E-state index in [0.29, 0.717) is 6.54 Å². The molecule has 5 nitrogen and oxygen atoms in total. The lowest BCUT2D eigenvalue weighted by Crippen LogP contribution is -2.32. The Labute approximate surface area is 115 Å². The van der Waals surface area contributed by atoms with Crippen LogP contribution in [0.15, 0.2) is 18.3 Å². The van der Waals surface area contributed by atoms with Gasteiger partial charge in [0.05, 0.1) is 5.75 Å². The Bertz CT molecular complexity index is 543. The summed E-state index contributed by atoms with van der Waals surface area (Å²) in [5.41, 5.74) is 1.04. The highest BCUT2D eigenvalue weighted by Crippen LogP contribution is 2.34. The van der Waals surface area contributed by atoms with Crippen LogP contribution in [0.25, 0.3) is 0 Å². The van der Waals surface area contributed by atoms with Crippen LogP contribution in [0.2, 0.25) is 0 Å². The van der Waals surface area contributed by atoms with Crippen molar-refractivity contribution in [3.8, 4) is 0 Å². The van der Waals surface area contributed by atoms with Crippen molar-refractivity contribution >= 4 is 15.8 Å². The lowest BCUT2D eigenvalue weighted by Gasteiger charge is -2.24. The molecule has 1 saturated heterocycles. The minimum absolute atomic E-state index is 0.0355. The highest BCUT2D eigenvalue weighted by molar-refractivity contribution is 7.89. The van der Waals surface area contributed by atoms with E-state index in [1.54, 1.807) is 17.4 Å². The first-order valence-electron chi connectivity index (χ1n) is 6.58. The maximum atomic E-state index is 12.1. The number of hydrogen-bond donors (Lipinski definition) is 0. The maximum Gasteiger partial charge on any atom is 0.214 e. The molecule has 0 aromatic carbocycles. The van der Waals surface area contributed by atoms with Crippen LogP contribution < -0.4 is 4.90 Å². The molecule has 19 heavy (non-hydrogen) atoms. The van der Waals surface area contributed by atoms with Crippen molar-refractivity contribution in [3.05, 3.63) is 23.9 Å². The summed E-state index contributed by atoms with van der Waals surface area (Å²) in [6, 6.07) is 3.86. The summed E-state index contributed by atoms with van der Waals surface area (Å²) in [5.74, 6) is 1.02. The number of aromatic nitrogens is 1. The molecule has 1 aliphatic rings. The first-order valence-corrected chi connectivity index (χ1v) is 8.19. The van der Waals surface area contributed by atoms with Gasteiger partial charge in [0.1, 0.15) is 5.82 Å². The predicted octanol–water partition coefficient (Wildman–Crippen LogP) is 1.63. The molecule has 0 bridgehead atoms. The Morgan fingerprint density at radius 3 is 2.84 bits per heavy atom. The number of hydrogen-bond acceptors (Lipinski definition) is 4. The molecule has 1 aromatic heterocycles. The van der Waals surface area contributed by atoms with Gasteiger partial charge in [0.2, 0.25) is 10.0 Å². The van der Waals surface area contributed by atoms with Gasteiger partial charge in [-0.25, -0.2) is 13.4 Å².